The van der Waals surface area contributed by atoms with Crippen LogP contribution >= 0.6 is 0 Å². The lowest BCUT2D eigenvalue weighted by Gasteiger charge is -2.36. The summed E-state index contributed by atoms with van der Waals surface area (Å²) in [6.07, 6.45) is 7.41. The molecule has 1 aliphatic rings. The van der Waals surface area contributed by atoms with Crippen molar-refractivity contribution in [1.29, 1.82) is 0 Å². The molecular formula is C17H20N6O. The Labute approximate surface area is 140 Å². The Balaban J connectivity index is 1.49. The number of nitrogens with zero attached hydrogens (tertiary/aromatic N) is 6. The first-order valence-electron chi connectivity index (χ1n) is 8.21. The minimum Gasteiger partial charge on any atom is -0.478 e. The third-order valence-electron chi connectivity index (χ3n) is 4.22. The van der Waals surface area contributed by atoms with E-state index in [-0.39, 0.29) is 0 Å². The van der Waals surface area contributed by atoms with Gasteiger partial charge in [-0.25, -0.2) is 9.97 Å². The molecule has 0 amide bonds. The number of imidazole rings is 1. The molecule has 7 heteroatoms. The topological polar surface area (TPSA) is 58.8 Å². The number of piperazine rings is 1. The Hall–Kier alpha value is -2.83. The maximum Gasteiger partial charge on any atom is 0.215 e. The van der Waals surface area contributed by atoms with Crippen LogP contribution in [0.25, 0.3) is 5.52 Å². The van der Waals surface area contributed by atoms with Gasteiger partial charge >= 0.3 is 0 Å². The molecule has 4 rings (SSSR count). The maximum atomic E-state index is 5.50. The monoisotopic (exact) mass is 324 g/mol. The number of hydrogen-bond donors (Lipinski definition) is 0. The van der Waals surface area contributed by atoms with Crippen molar-refractivity contribution in [1.82, 2.24) is 19.4 Å². The molecule has 1 saturated heterocycles. The number of rotatable bonds is 4. The summed E-state index contributed by atoms with van der Waals surface area (Å²) < 4.78 is 7.50. The predicted octanol–water partition coefficient (Wildman–Crippen LogP) is 1.85. The van der Waals surface area contributed by atoms with E-state index in [2.05, 4.69) is 24.8 Å². The quantitative estimate of drug-likeness (QED) is 0.730. The van der Waals surface area contributed by atoms with Gasteiger partial charge < -0.3 is 18.9 Å². The van der Waals surface area contributed by atoms with Crippen molar-refractivity contribution in [2.45, 2.75) is 6.92 Å². The molecule has 0 unspecified atom stereocenters. The van der Waals surface area contributed by atoms with Gasteiger partial charge in [-0.15, -0.1) is 0 Å². The van der Waals surface area contributed by atoms with Crippen LogP contribution < -0.4 is 14.5 Å². The summed E-state index contributed by atoms with van der Waals surface area (Å²) in [7, 11) is 0. The van der Waals surface area contributed by atoms with E-state index in [1.54, 1.807) is 6.33 Å². The summed E-state index contributed by atoms with van der Waals surface area (Å²) in [6.45, 7) is 6.21. The molecule has 0 N–H and O–H groups in total. The van der Waals surface area contributed by atoms with Gasteiger partial charge in [0.2, 0.25) is 5.88 Å². The second kappa shape index (κ2) is 6.35. The second-order valence-corrected chi connectivity index (χ2v) is 5.68. The first kappa shape index (κ1) is 14.7. The summed E-state index contributed by atoms with van der Waals surface area (Å²) in [5.74, 6) is 2.64. The molecule has 0 bridgehead atoms. The number of hydrogen-bond acceptors (Lipinski definition) is 6. The maximum absolute atomic E-state index is 5.50. The van der Waals surface area contributed by atoms with Crippen LogP contribution in [0.1, 0.15) is 6.92 Å². The molecule has 0 saturated carbocycles. The first-order valence-corrected chi connectivity index (χ1v) is 8.21. The fraction of sp³-hybridized carbons (Fsp3) is 0.353. The van der Waals surface area contributed by atoms with Gasteiger partial charge in [0.05, 0.1) is 19.1 Å². The SMILES string of the molecule is CCOc1cccc(N2CCN(c3nccn4cncc34)CC2)n1. The molecule has 0 atom stereocenters. The molecule has 0 radical (unpaired) electrons. The van der Waals surface area contributed by atoms with E-state index in [4.69, 9.17) is 4.74 Å². The van der Waals surface area contributed by atoms with Crippen LogP contribution in [0.15, 0.2) is 43.1 Å². The van der Waals surface area contributed by atoms with E-state index in [0.29, 0.717) is 12.5 Å². The van der Waals surface area contributed by atoms with Gasteiger partial charge in [0.25, 0.3) is 0 Å². The molecule has 0 aromatic carbocycles. The van der Waals surface area contributed by atoms with Crippen LogP contribution in [0.5, 0.6) is 5.88 Å². The van der Waals surface area contributed by atoms with Crippen LogP contribution in [-0.4, -0.2) is 52.1 Å². The lowest BCUT2D eigenvalue weighted by atomic mass is 10.3. The third kappa shape index (κ3) is 2.73. The zero-order valence-electron chi connectivity index (χ0n) is 13.7. The molecule has 0 aliphatic carbocycles. The molecule has 0 spiro atoms. The highest BCUT2D eigenvalue weighted by molar-refractivity contribution is 5.68. The minimum atomic E-state index is 0.630. The van der Waals surface area contributed by atoms with E-state index < -0.39 is 0 Å². The number of anilines is 2. The van der Waals surface area contributed by atoms with E-state index >= 15 is 0 Å². The molecule has 3 aromatic heterocycles. The number of fused-ring (bicyclic) bond motifs is 1. The van der Waals surface area contributed by atoms with Gasteiger partial charge in [0, 0.05) is 44.6 Å². The lowest BCUT2D eigenvalue weighted by molar-refractivity contribution is 0.327. The largest absolute Gasteiger partial charge is 0.478 e. The number of ether oxygens (including phenoxy) is 1. The number of pyridine rings is 1. The predicted molar refractivity (Wildman–Crippen MR) is 92.8 cm³/mol. The Kier molecular flexibility index (Phi) is 3.90. The summed E-state index contributed by atoms with van der Waals surface area (Å²) in [5.41, 5.74) is 1.04. The van der Waals surface area contributed by atoms with Crippen LogP contribution in [0.4, 0.5) is 11.6 Å². The highest BCUT2D eigenvalue weighted by Gasteiger charge is 2.21. The van der Waals surface area contributed by atoms with Crippen molar-refractivity contribution in [3.05, 3.63) is 43.1 Å². The van der Waals surface area contributed by atoms with Gasteiger partial charge in [-0.2, -0.15) is 4.98 Å². The average molecular weight is 324 g/mol. The van der Waals surface area contributed by atoms with Gasteiger partial charge in [0.15, 0.2) is 5.82 Å². The summed E-state index contributed by atoms with van der Waals surface area (Å²) in [4.78, 5) is 17.9. The van der Waals surface area contributed by atoms with Crippen molar-refractivity contribution in [2.75, 3.05) is 42.6 Å². The highest BCUT2D eigenvalue weighted by Crippen LogP contribution is 2.22. The van der Waals surface area contributed by atoms with Crippen LogP contribution in [0, 0.1) is 0 Å². The fourth-order valence-corrected chi connectivity index (χ4v) is 3.04. The van der Waals surface area contributed by atoms with Crippen molar-refractivity contribution in [3.63, 3.8) is 0 Å². The van der Waals surface area contributed by atoms with Gasteiger partial charge in [-0.1, -0.05) is 6.07 Å². The van der Waals surface area contributed by atoms with Gasteiger partial charge in [0.1, 0.15) is 11.3 Å². The zero-order chi connectivity index (χ0) is 16.4. The van der Waals surface area contributed by atoms with E-state index in [9.17, 15) is 0 Å². The molecule has 1 aliphatic heterocycles. The van der Waals surface area contributed by atoms with Crippen molar-refractivity contribution in [3.8, 4) is 5.88 Å². The summed E-state index contributed by atoms with van der Waals surface area (Å²) >= 11 is 0. The van der Waals surface area contributed by atoms with Crippen LogP contribution in [0.3, 0.4) is 0 Å². The molecule has 1 fully saturated rings. The number of aromatic nitrogens is 4. The Morgan fingerprint density at radius 3 is 2.79 bits per heavy atom. The van der Waals surface area contributed by atoms with Crippen molar-refractivity contribution >= 4 is 17.2 Å². The first-order chi connectivity index (χ1) is 11.8. The van der Waals surface area contributed by atoms with Crippen molar-refractivity contribution < 1.29 is 4.74 Å². The Morgan fingerprint density at radius 1 is 1.12 bits per heavy atom. The summed E-state index contributed by atoms with van der Waals surface area (Å²) in [6, 6.07) is 5.93. The van der Waals surface area contributed by atoms with E-state index in [1.165, 1.54) is 0 Å². The summed E-state index contributed by atoms with van der Waals surface area (Å²) in [5, 5.41) is 0. The highest BCUT2D eigenvalue weighted by atomic mass is 16.5. The Morgan fingerprint density at radius 2 is 1.96 bits per heavy atom. The molecule has 124 valence electrons. The zero-order valence-corrected chi connectivity index (χ0v) is 13.7. The smallest absolute Gasteiger partial charge is 0.215 e. The molecule has 3 aromatic rings. The normalized spacial score (nSPS) is 15.0. The van der Waals surface area contributed by atoms with Crippen molar-refractivity contribution in [2.24, 2.45) is 0 Å². The molecule has 7 nitrogen and oxygen atoms in total. The second-order valence-electron chi connectivity index (χ2n) is 5.68. The standard InChI is InChI=1S/C17H20N6O/c1-2-24-16-5-3-4-15(20-16)21-8-10-22(11-9-21)17-14-12-18-13-23(14)7-6-19-17/h3-7,12-13H,2,8-11H2,1H3. The third-order valence-corrected chi connectivity index (χ3v) is 4.22. The van der Waals surface area contributed by atoms with Gasteiger partial charge in [-0.3, -0.25) is 0 Å². The minimum absolute atomic E-state index is 0.630. The molecule has 24 heavy (non-hydrogen) atoms. The Bertz CT molecular complexity index is 825. The van der Waals surface area contributed by atoms with E-state index in [1.807, 2.05) is 48.1 Å². The van der Waals surface area contributed by atoms with Crippen LogP contribution in [0.2, 0.25) is 0 Å². The average Bonchev–Trinajstić information content (AvgIpc) is 3.11. The lowest BCUT2D eigenvalue weighted by Crippen LogP contribution is -2.47. The fourth-order valence-electron chi connectivity index (χ4n) is 3.04. The molecule has 4 heterocycles. The van der Waals surface area contributed by atoms with Gasteiger partial charge in [-0.05, 0) is 13.0 Å². The van der Waals surface area contributed by atoms with E-state index in [0.717, 1.165) is 43.3 Å². The molecular weight excluding hydrogens is 304 g/mol. The van der Waals surface area contributed by atoms with Crippen LogP contribution in [-0.2, 0) is 0 Å².